The summed E-state index contributed by atoms with van der Waals surface area (Å²) in [6, 6.07) is -2.14. The topological polar surface area (TPSA) is 41.9 Å². The minimum Gasteiger partial charge on any atom is -0.493 e. The first-order valence-corrected chi connectivity index (χ1v) is 7.13. The van der Waals surface area contributed by atoms with E-state index in [0.717, 1.165) is 11.0 Å². The van der Waals surface area contributed by atoms with E-state index in [1.54, 1.807) is 0 Å². The smallest absolute Gasteiger partial charge is 0.211 e. The predicted octanol–water partition coefficient (Wildman–Crippen LogP) is 1.50. The number of likely N-dealkylation sites (N-methyl/N-ethyl adjacent to an activating group) is 1. The molecule has 4 aliphatic rings. The first-order valence-electron chi connectivity index (χ1n) is 13.0. The number of benzene rings is 1. The molecule has 116 valence electrons. The van der Waals surface area contributed by atoms with Gasteiger partial charge in [-0.3, -0.25) is 0 Å². The summed E-state index contributed by atoms with van der Waals surface area (Å²) in [7, 11) is -3.03. The lowest BCUT2D eigenvalue weighted by molar-refractivity contribution is -0.0453. The summed E-state index contributed by atoms with van der Waals surface area (Å²) in [5.74, 6) is -2.84. The zero-order valence-electron chi connectivity index (χ0n) is 23.5. The number of aliphatic hydroxyl groups is 1. The lowest BCUT2D eigenvalue weighted by Gasteiger charge is -2.56. The van der Waals surface area contributed by atoms with E-state index in [-0.39, 0.29) is 36.3 Å². The average molecular weight is 311 g/mol. The Morgan fingerprint density at radius 3 is 3.45 bits per heavy atom. The maximum atomic E-state index is 9.50. The largest absolute Gasteiger partial charge is 0.493 e. The molecule has 22 heavy (non-hydrogen) atoms. The van der Waals surface area contributed by atoms with Crippen molar-refractivity contribution in [3.8, 4) is 11.5 Å². The van der Waals surface area contributed by atoms with E-state index in [2.05, 4.69) is 5.11 Å². The van der Waals surface area contributed by atoms with Crippen LogP contribution in [-0.2, 0) is 11.8 Å². The fraction of sp³-hybridized carbons (Fsp3) is 0.556. The van der Waals surface area contributed by atoms with E-state index in [1.165, 1.54) is 6.08 Å². The molecule has 0 amide bonds. The molecule has 1 N–H and O–H groups in total. The van der Waals surface area contributed by atoms with Crippen molar-refractivity contribution in [1.82, 2.24) is 4.90 Å². The number of ether oxygens (including phenoxy) is 2. The first-order chi connectivity index (χ1) is 15.5. The molecule has 0 radical (unpaired) electrons. The molecule has 1 fully saturated rings. The van der Waals surface area contributed by atoms with Crippen LogP contribution in [0.2, 0.25) is 0 Å². The van der Waals surface area contributed by atoms with Crippen LogP contribution in [-0.4, -0.2) is 50.2 Å². The maximum Gasteiger partial charge on any atom is 0.211 e. The van der Waals surface area contributed by atoms with E-state index in [1.807, 2.05) is 0 Å². The number of piperidine rings is 1. The van der Waals surface area contributed by atoms with Crippen molar-refractivity contribution < 1.29 is 29.7 Å². The van der Waals surface area contributed by atoms with Gasteiger partial charge in [0.2, 0.25) is 1.43 Å². The summed E-state index contributed by atoms with van der Waals surface area (Å²) in [6.07, 6.45) is -3.09. The van der Waals surface area contributed by atoms with Crippen molar-refractivity contribution in [3.63, 3.8) is 0 Å². The van der Waals surface area contributed by atoms with E-state index in [0.29, 0.717) is 0 Å². The summed E-state index contributed by atoms with van der Waals surface area (Å²) in [4.78, 5) is 1.14. The molecule has 4 heteroatoms. The van der Waals surface area contributed by atoms with Crippen LogP contribution in [0.15, 0.2) is 24.2 Å². The third kappa shape index (κ3) is 1.28. The van der Waals surface area contributed by atoms with Gasteiger partial charge in [-0.1, -0.05) is 18.2 Å². The number of nitrogens with zero attached hydrogens (tertiary/aromatic N) is 1. The normalized spacial score (nSPS) is 60.1. The van der Waals surface area contributed by atoms with Crippen LogP contribution >= 0.6 is 0 Å². The molecule has 1 saturated heterocycles. The SMILES string of the molecule is [2H]OC1([2H])C=C[C@@]2([2H])[C@H]3Cc4c([2H])c([2H])c(OC([2H])([2H])[2H])c5c4[C@@]2(CCN3C([2H])([2H])[2H])C1([2H])O5. The highest BCUT2D eigenvalue weighted by atomic mass is 16.5. The number of methoxy groups -OCH3 is 1. The Morgan fingerprint density at radius 1 is 1.59 bits per heavy atom. The maximum absolute atomic E-state index is 9.50. The Kier molecular flexibility index (Phi) is 1.08. The summed E-state index contributed by atoms with van der Waals surface area (Å²) >= 11 is 0. The Balaban J connectivity index is 1.90. The van der Waals surface area contributed by atoms with Crippen LogP contribution in [0.25, 0.3) is 0 Å². The predicted molar refractivity (Wildman–Crippen MR) is 82.5 cm³/mol. The summed E-state index contributed by atoms with van der Waals surface area (Å²) in [6.45, 7) is -2.71. The molecular formula is C18H21NO3. The molecule has 0 saturated carbocycles. The first kappa shape index (κ1) is 5.84. The van der Waals surface area contributed by atoms with Gasteiger partial charge < -0.3 is 19.5 Å². The molecule has 2 heterocycles. The lowest BCUT2D eigenvalue weighted by Crippen LogP contribution is -2.64. The molecule has 5 rings (SSSR count). The molecular weight excluding hydrogens is 278 g/mol. The molecule has 1 spiro atoms. The van der Waals surface area contributed by atoms with Crippen molar-refractivity contribution in [2.45, 2.75) is 36.5 Å². The van der Waals surface area contributed by atoms with E-state index in [9.17, 15) is 2.74 Å². The molecule has 2 aliphatic carbocycles. The summed E-state index contributed by atoms with van der Waals surface area (Å²) in [5, 5.41) is 4.63. The van der Waals surface area contributed by atoms with Gasteiger partial charge in [-0.05, 0) is 38.0 Å². The monoisotopic (exact) mass is 311 g/mol. The highest BCUT2D eigenvalue weighted by molar-refractivity contribution is 5.62. The third-order valence-corrected chi connectivity index (χ3v) is 5.17. The molecule has 1 aromatic carbocycles. The minimum atomic E-state index is -3.03. The number of likely N-dealkylation sites (tertiary alicyclic amines) is 1. The van der Waals surface area contributed by atoms with Gasteiger partial charge in [0.25, 0.3) is 0 Å². The van der Waals surface area contributed by atoms with Crippen LogP contribution in [0.4, 0.5) is 0 Å². The number of rotatable bonds is 2. The van der Waals surface area contributed by atoms with Crippen LogP contribution in [0.5, 0.6) is 11.5 Å². The molecule has 2 unspecified atom stereocenters. The Morgan fingerprint density at radius 2 is 2.59 bits per heavy atom. The zero-order chi connectivity index (χ0) is 25.3. The van der Waals surface area contributed by atoms with Gasteiger partial charge >= 0.3 is 0 Å². The van der Waals surface area contributed by atoms with Crippen LogP contribution in [0.1, 0.15) is 32.6 Å². The van der Waals surface area contributed by atoms with Gasteiger partial charge in [-0.2, -0.15) is 0 Å². The molecule has 2 aliphatic heterocycles. The van der Waals surface area contributed by atoms with Gasteiger partial charge in [0.15, 0.2) is 11.5 Å². The van der Waals surface area contributed by atoms with E-state index < -0.39 is 61.4 Å². The minimum absolute atomic E-state index is 0.0808. The van der Waals surface area contributed by atoms with Crippen LogP contribution in [0.3, 0.4) is 0 Å². The Hall–Kier alpha value is -1.52. The standard InChI is InChI=1S/C18H21NO3/c1-19-8-7-18-11-4-5-13(20)17(18)22-16-14(21-2)6-3-10(15(16)18)9-12(11)19/h3-6,11-13,17,20H,7-9H2,1-2H3/t11-,12+,13?,17?,18-/m0/s1/i1D3,2D3,3D,6D,11D,13D,17D,20D. The van der Waals surface area contributed by atoms with Crippen molar-refractivity contribution in [1.29, 1.82) is 1.43 Å². The lowest BCUT2D eigenvalue weighted by atomic mass is 9.53. The second kappa shape index (κ2) is 4.06. The second-order valence-electron chi connectivity index (χ2n) is 6.02. The van der Waals surface area contributed by atoms with Crippen molar-refractivity contribution >= 4 is 0 Å². The van der Waals surface area contributed by atoms with Crippen LogP contribution in [0, 0.1) is 5.89 Å². The Labute approximate surface area is 147 Å². The fourth-order valence-corrected chi connectivity index (χ4v) is 4.30. The molecule has 4 nitrogen and oxygen atoms in total. The quantitative estimate of drug-likeness (QED) is 0.841. The molecule has 5 atom stereocenters. The summed E-state index contributed by atoms with van der Waals surface area (Å²) in [5.41, 5.74) is -1.59. The summed E-state index contributed by atoms with van der Waals surface area (Å²) < 4.78 is 109. The fourth-order valence-electron chi connectivity index (χ4n) is 4.30. The number of hydrogen-bond acceptors (Lipinski definition) is 4. The van der Waals surface area contributed by atoms with Crippen LogP contribution < -0.4 is 9.47 Å². The zero-order valence-corrected chi connectivity index (χ0v) is 11.5. The highest BCUT2D eigenvalue weighted by Crippen LogP contribution is 2.62. The number of hydrogen-bond donors (Lipinski definition) is 1. The average Bonchev–Trinajstić information content (AvgIpc) is 2.98. The highest BCUT2D eigenvalue weighted by Gasteiger charge is 2.64. The molecule has 2 bridgehead atoms. The van der Waals surface area contributed by atoms with E-state index >= 15 is 0 Å². The van der Waals surface area contributed by atoms with Gasteiger partial charge in [0.1, 0.15) is 12.2 Å². The molecule has 0 aromatic heterocycles. The van der Waals surface area contributed by atoms with Crippen molar-refractivity contribution in [3.05, 3.63) is 35.4 Å². The third-order valence-electron chi connectivity index (χ3n) is 5.17. The Bertz CT molecular complexity index is 1120. The van der Waals surface area contributed by atoms with Gasteiger partial charge in [0.05, 0.1) is 16.6 Å². The van der Waals surface area contributed by atoms with Gasteiger partial charge in [-0.15, -0.1) is 0 Å². The van der Waals surface area contributed by atoms with E-state index in [4.69, 9.17) is 23.2 Å². The van der Waals surface area contributed by atoms with Crippen molar-refractivity contribution in [2.24, 2.45) is 5.89 Å². The van der Waals surface area contributed by atoms with Gasteiger partial charge in [0, 0.05) is 28.4 Å². The second-order valence-corrected chi connectivity index (χ2v) is 6.02. The van der Waals surface area contributed by atoms with Crippen molar-refractivity contribution in [2.75, 3.05) is 20.6 Å². The van der Waals surface area contributed by atoms with Gasteiger partial charge in [-0.25, -0.2) is 0 Å². The molecule has 1 aromatic rings.